The molecule has 3 rings (SSSR count). The van der Waals surface area contributed by atoms with Gasteiger partial charge in [0.1, 0.15) is 0 Å². The van der Waals surface area contributed by atoms with Crippen molar-refractivity contribution in [2.75, 3.05) is 0 Å². The zero-order chi connectivity index (χ0) is 16.3. The van der Waals surface area contributed by atoms with E-state index in [0.29, 0.717) is 5.69 Å². The Balaban J connectivity index is 1.78. The fraction of sp³-hybridized carbons (Fsp3) is 0.0588. The molecule has 1 aromatic heterocycles. The number of aromatic nitrogens is 1. The van der Waals surface area contributed by atoms with Crippen LogP contribution in [0.5, 0.6) is 0 Å². The third-order valence-electron chi connectivity index (χ3n) is 3.35. The lowest BCUT2D eigenvalue weighted by atomic mass is 10.1. The normalized spacial score (nSPS) is 11.9. The molecule has 0 aliphatic heterocycles. The van der Waals surface area contributed by atoms with Gasteiger partial charge in [-0.15, -0.1) is 0 Å². The highest BCUT2D eigenvalue weighted by Crippen LogP contribution is 2.12. The van der Waals surface area contributed by atoms with Crippen LogP contribution in [0.2, 0.25) is 0 Å². The Morgan fingerprint density at radius 1 is 1.04 bits per heavy atom. The average molecular weight is 325 g/mol. The van der Waals surface area contributed by atoms with Crippen LogP contribution in [0.15, 0.2) is 70.8 Å². The second-order valence-electron chi connectivity index (χ2n) is 5.12. The SMILES string of the molecule is Cc1ccc(S(=O)(=O)N/N=C\c2cc3ccccc3cn2)cc1. The molecule has 2 aromatic carbocycles. The van der Waals surface area contributed by atoms with Gasteiger partial charge in [0.25, 0.3) is 10.0 Å². The van der Waals surface area contributed by atoms with Gasteiger partial charge in [-0.05, 0) is 30.5 Å². The predicted octanol–water partition coefficient (Wildman–Crippen LogP) is 2.86. The van der Waals surface area contributed by atoms with Crippen molar-refractivity contribution in [1.29, 1.82) is 0 Å². The van der Waals surface area contributed by atoms with E-state index in [1.54, 1.807) is 30.5 Å². The summed E-state index contributed by atoms with van der Waals surface area (Å²) in [6, 6.07) is 16.2. The number of rotatable bonds is 4. The molecule has 0 bridgehead atoms. The van der Waals surface area contributed by atoms with E-state index in [1.807, 2.05) is 37.3 Å². The molecular formula is C17H15N3O2S. The van der Waals surface area contributed by atoms with Crippen LogP contribution in [0.4, 0.5) is 0 Å². The maximum absolute atomic E-state index is 12.1. The van der Waals surface area contributed by atoms with E-state index in [2.05, 4.69) is 14.9 Å². The molecule has 0 spiro atoms. The van der Waals surface area contributed by atoms with Crippen LogP contribution in [-0.4, -0.2) is 19.6 Å². The van der Waals surface area contributed by atoms with E-state index in [4.69, 9.17) is 0 Å². The van der Waals surface area contributed by atoms with Crippen LogP contribution in [0.1, 0.15) is 11.3 Å². The summed E-state index contributed by atoms with van der Waals surface area (Å²) in [5, 5.41) is 5.83. The van der Waals surface area contributed by atoms with Crippen molar-refractivity contribution in [1.82, 2.24) is 9.82 Å². The summed E-state index contributed by atoms with van der Waals surface area (Å²) < 4.78 is 24.2. The first kappa shape index (κ1) is 15.2. The molecule has 0 saturated heterocycles. The molecular weight excluding hydrogens is 310 g/mol. The van der Waals surface area contributed by atoms with Gasteiger partial charge in [-0.25, -0.2) is 4.83 Å². The van der Waals surface area contributed by atoms with E-state index in [9.17, 15) is 8.42 Å². The number of sulfonamides is 1. The van der Waals surface area contributed by atoms with E-state index < -0.39 is 10.0 Å². The van der Waals surface area contributed by atoms with Gasteiger partial charge in [0.15, 0.2) is 0 Å². The van der Waals surface area contributed by atoms with Crippen molar-refractivity contribution in [3.05, 3.63) is 72.1 Å². The second-order valence-corrected chi connectivity index (χ2v) is 6.78. The zero-order valence-corrected chi connectivity index (χ0v) is 13.3. The third kappa shape index (κ3) is 3.54. The molecule has 0 unspecified atom stereocenters. The largest absolute Gasteiger partial charge is 0.276 e. The van der Waals surface area contributed by atoms with Gasteiger partial charge >= 0.3 is 0 Å². The second kappa shape index (κ2) is 6.18. The summed E-state index contributed by atoms with van der Waals surface area (Å²) >= 11 is 0. The van der Waals surface area contributed by atoms with Crippen LogP contribution in [-0.2, 0) is 10.0 Å². The molecule has 1 N–H and O–H groups in total. The summed E-state index contributed by atoms with van der Waals surface area (Å²) in [4.78, 5) is 6.59. The quantitative estimate of drug-likeness (QED) is 0.592. The highest BCUT2D eigenvalue weighted by atomic mass is 32.2. The smallest absolute Gasteiger partial charge is 0.255 e. The van der Waals surface area contributed by atoms with E-state index in [1.165, 1.54) is 6.21 Å². The Kier molecular flexibility index (Phi) is 4.08. The molecule has 1 heterocycles. The monoisotopic (exact) mass is 325 g/mol. The lowest BCUT2D eigenvalue weighted by Crippen LogP contribution is -2.18. The van der Waals surface area contributed by atoms with Crippen molar-refractivity contribution in [3.8, 4) is 0 Å². The fourth-order valence-electron chi connectivity index (χ4n) is 2.10. The highest BCUT2D eigenvalue weighted by molar-refractivity contribution is 7.89. The van der Waals surface area contributed by atoms with Gasteiger partial charge in [0.2, 0.25) is 0 Å². The molecule has 23 heavy (non-hydrogen) atoms. The predicted molar refractivity (Wildman–Crippen MR) is 90.8 cm³/mol. The van der Waals surface area contributed by atoms with Crippen molar-refractivity contribution < 1.29 is 8.42 Å². The number of nitrogens with one attached hydrogen (secondary N) is 1. The third-order valence-corrected chi connectivity index (χ3v) is 4.59. The lowest BCUT2D eigenvalue weighted by Gasteiger charge is -2.03. The molecule has 116 valence electrons. The van der Waals surface area contributed by atoms with Crippen LogP contribution in [0.3, 0.4) is 0 Å². The molecule has 0 aliphatic carbocycles. The molecule has 5 nitrogen and oxygen atoms in total. The number of hydrazone groups is 1. The Morgan fingerprint density at radius 3 is 2.48 bits per heavy atom. The van der Waals surface area contributed by atoms with Gasteiger partial charge in [-0.3, -0.25) is 4.98 Å². The summed E-state index contributed by atoms with van der Waals surface area (Å²) in [6.45, 7) is 1.90. The maximum Gasteiger partial charge on any atom is 0.276 e. The topological polar surface area (TPSA) is 71.4 Å². The molecule has 0 atom stereocenters. The molecule has 0 saturated carbocycles. The zero-order valence-electron chi connectivity index (χ0n) is 12.5. The summed E-state index contributed by atoms with van der Waals surface area (Å²) in [5.41, 5.74) is 1.57. The number of hydrogen-bond donors (Lipinski definition) is 1. The lowest BCUT2D eigenvalue weighted by molar-refractivity contribution is 0.584. The first-order valence-corrected chi connectivity index (χ1v) is 8.49. The number of benzene rings is 2. The van der Waals surface area contributed by atoms with E-state index >= 15 is 0 Å². The van der Waals surface area contributed by atoms with Gasteiger partial charge in [0.05, 0.1) is 16.8 Å². The number of fused-ring (bicyclic) bond motifs is 1. The Bertz CT molecular complexity index is 965. The number of nitrogens with zero attached hydrogens (tertiary/aromatic N) is 2. The Morgan fingerprint density at radius 2 is 1.74 bits per heavy atom. The fourth-order valence-corrected chi connectivity index (χ4v) is 2.89. The summed E-state index contributed by atoms with van der Waals surface area (Å²) in [5.74, 6) is 0. The molecule has 0 aliphatic rings. The number of hydrogen-bond acceptors (Lipinski definition) is 4. The van der Waals surface area contributed by atoms with Gasteiger partial charge < -0.3 is 0 Å². The van der Waals surface area contributed by atoms with Crippen molar-refractivity contribution in [2.45, 2.75) is 11.8 Å². The summed E-state index contributed by atoms with van der Waals surface area (Å²) in [6.07, 6.45) is 3.11. The number of pyridine rings is 1. The van der Waals surface area contributed by atoms with E-state index in [0.717, 1.165) is 16.3 Å². The molecule has 3 aromatic rings. The Hall–Kier alpha value is -2.73. The Labute approximate surface area is 134 Å². The minimum absolute atomic E-state index is 0.173. The van der Waals surface area contributed by atoms with Gasteiger partial charge in [-0.2, -0.15) is 13.5 Å². The number of aryl methyl sites for hydroxylation is 1. The molecule has 0 amide bonds. The van der Waals surface area contributed by atoms with Crippen LogP contribution in [0, 0.1) is 6.92 Å². The van der Waals surface area contributed by atoms with Crippen LogP contribution >= 0.6 is 0 Å². The van der Waals surface area contributed by atoms with Crippen molar-refractivity contribution in [3.63, 3.8) is 0 Å². The highest BCUT2D eigenvalue weighted by Gasteiger charge is 2.11. The van der Waals surface area contributed by atoms with Crippen LogP contribution in [0.25, 0.3) is 10.8 Å². The molecule has 0 fully saturated rings. The molecule has 6 heteroatoms. The molecule has 0 radical (unpaired) electrons. The van der Waals surface area contributed by atoms with Crippen molar-refractivity contribution in [2.24, 2.45) is 5.10 Å². The van der Waals surface area contributed by atoms with Gasteiger partial charge in [0, 0.05) is 11.6 Å². The average Bonchev–Trinajstić information content (AvgIpc) is 2.55. The van der Waals surface area contributed by atoms with Gasteiger partial charge in [-0.1, -0.05) is 42.0 Å². The summed E-state index contributed by atoms with van der Waals surface area (Å²) in [7, 11) is -3.67. The minimum atomic E-state index is -3.67. The minimum Gasteiger partial charge on any atom is -0.255 e. The van der Waals surface area contributed by atoms with Crippen LogP contribution < -0.4 is 4.83 Å². The first-order chi connectivity index (χ1) is 11.0. The van der Waals surface area contributed by atoms with E-state index in [-0.39, 0.29) is 4.90 Å². The maximum atomic E-state index is 12.1. The van der Waals surface area contributed by atoms with Crippen molar-refractivity contribution >= 4 is 27.0 Å². The first-order valence-electron chi connectivity index (χ1n) is 7.01. The standard InChI is InChI=1S/C17H15N3O2S/c1-13-6-8-17(9-7-13)23(21,22)20-19-12-16-10-14-4-2-3-5-15(14)11-18-16/h2-12,20H,1H3/b19-12-.